The van der Waals surface area contributed by atoms with Crippen LogP contribution in [-0.4, -0.2) is 47.4 Å². The zero-order chi connectivity index (χ0) is 16.3. The first-order valence-electron chi connectivity index (χ1n) is 7.19. The van der Waals surface area contributed by atoms with E-state index in [0.717, 1.165) is 5.56 Å². The minimum absolute atomic E-state index is 0.226. The monoisotopic (exact) mass is 307 g/mol. The van der Waals surface area contributed by atoms with E-state index in [1.165, 1.54) is 12.1 Å². The highest BCUT2D eigenvalue weighted by atomic mass is 16.6. The number of carbonyl (C=O) groups is 2. The van der Waals surface area contributed by atoms with Crippen molar-refractivity contribution >= 4 is 12.1 Å². The van der Waals surface area contributed by atoms with Gasteiger partial charge >= 0.3 is 12.1 Å². The molecule has 120 valence electrons. The van der Waals surface area contributed by atoms with Gasteiger partial charge in [-0.1, -0.05) is 12.1 Å². The summed E-state index contributed by atoms with van der Waals surface area (Å²) in [7, 11) is 0. The van der Waals surface area contributed by atoms with E-state index in [9.17, 15) is 9.59 Å². The van der Waals surface area contributed by atoms with E-state index in [1.54, 1.807) is 17.0 Å². The smallest absolute Gasteiger partial charge is 0.410 e. The minimum Gasteiger partial charge on any atom is -0.478 e. The minimum atomic E-state index is -0.966. The molecule has 0 bridgehead atoms. The fourth-order valence-electron chi connectivity index (χ4n) is 2.18. The second-order valence-electron chi connectivity index (χ2n) is 6.21. The standard InChI is InChI=1S/C16H21NO5/c1-16(2,3)22-15(20)17-8-9-21-13(10-17)11-4-6-12(7-5-11)14(18)19/h4-7,13H,8-10H2,1-3H3,(H,18,19)/t13-/m0/s1. The van der Waals surface area contributed by atoms with Gasteiger partial charge in [0.1, 0.15) is 11.7 Å². The zero-order valence-corrected chi connectivity index (χ0v) is 13.0. The molecule has 6 nitrogen and oxygen atoms in total. The van der Waals surface area contributed by atoms with Crippen LogP contribution in [0.25, 0.3) is 0 Å². The highest BCUT2D eigenvalue weighted by Crippen LogP contribution is 2.24. The van der Waals surface area contributed by atoms with Gasteiger partial charge in [0.05, 0.1) is 18.7 Å². The van der Waals surface area contributed by atoms with E-state index < -0.39 is 11.6 Å². The lowest BCUT2D eigenvalue weighted by Crippen LogP contribution is -2.44. The number of rotatable bonds is 2. The number of morpholine rings is 1. The molecule has 0 spiro atoms. The molecule has 1 fully saturated rings. The third-order valence-electron chi connectivity index (χ3n) is 3.25. The van der Waals surface area contributed by atoms with Crippen LogP contribution in [0.2, 0.25) is 0 Å². The second-order valence-corrected chi connectivity index (χ2v) is 6.21. The first-order valence-corrected chi connectivity index (χ1v) is 7.19. The van der Waals surface area contributed by atoms with Crippen molar-refractivity contribution in [2.24, 2.45) is 0 Å². The van der Waals surface area contributed by atoms with Crippen molar-refractivity contribution in [3.63, 3.8) is 0 Å². The Morgan fingerprint density at radius 2 is 1.91 bits per heavy atom. The van der Waals surface area contributed by atoms with Gasteiger partial charge in [-0.3, -0.25) is 0 Å². The van der Waals surface area contributed by atoms with Gasteiger partial charge in [-0.15, -0.1) is 0 Å². The van der Waals surface area contributed by atoms with Gasteiger partial charge in [0, 0.05) is 6.54 Å². The second kappa shape index (κ2) is 6.36. The van der Waals surface area contributed by atoms with Crippen LogP contribution in [0.4, 0.5) is 4.79 Å². The predicted octanol–water partition coefficient (Wildman–Crippen LogP) is 2.69. The number of ether oxygens (including phenoxy) is 2. The Balaban J connectivity index is 2.04. The topological polar surface area (TPSA) is 76.1 Å². The van der Waals surface area contributed by atoms with Crippen LogP contribution in [-0.2, 0) is 9.47 Å². The van der Waals surface area contributed by atoms with E-state index in [-0.39, 0.29) is 17.8 Å². The van der Waals surface area contributed by atoms with E-state index >= 15 is 0 Å². The number of carboxylic acid groups (broad SMARTS) is 1. The summed E-state index contributed by atoms with van der Waals surface area (Å²) in [6.45, 7) is 6.78. The Bertz CT molecular complexity index is 547. The number of hydrogen-bond acceptors (Lipinski definition) is 4. The molecular formula is C16H21NO5. The Kier molecular flexibility index (Phi) is 4.71. The highest BCUT2D eigenvalue weighted by molar-refractivity contribution is 5.87. The van der Waals surface area contributed by atoms with Gasteiger partial charge in [0.25, 0.3) is 0 Å². The Hall–Kier alpha value is -2.08. The molecule has 1 saturated heterocycles. The van der Waals surface area contributed by atoms with Crippen molar-refractivity contribution < 1.29 is 24.2 Å². The van der Waals surface area contributed by atoms with Crippen LogP contribution in [0.15, 0.2) is 24.3 Å². The number of carbonyl (C=O) groups excluding carboxylic acids is 1. The summed E-state index contributed by atoms with van der Waals surface area (Å²) in [4.78, 5) is 24.6. The number of aromatic carboxylic acids is 1. The highest BCUT2D eigenvalue weighted by Gasteiger charge is 2.28. The fraction of sp³-hybridized carbons (Fsp3) is 0.500. The third-order valence-corrected chi connectivity index (χ3v) is 3.25. The third kappa shape index (κ3) is 4.21. The molecule has 1 aliphatic rings. The van der Waals surface area contributed by atoms with Crippen molar-refractivity contribution in [2.45, 2.75) is 32.5 Å². The van der Waals surface area contributed by atoms with Crippen molar-refractivity contribution in [2.75, 3.05) is 19.7 Å². The number of carboxylic acids is 1. The van der Waals surface area contributed by atoms with Gasteiger partial charge in [-0.25, -0.2) is 9.59 Å². The first-order chi connectivity index (χ1) is 10.3. The lowest BCUT2D eigenvalue weighted by Gasteiger charge is -2.34. The van der Waals surface area contributed by atoms with Crippen molar-refractivity contribution in [3.8, 4) is 0 Å². The summed E-state index contributed by atoms with van der Waals surface area (Å²) < 4.78 is 11.0. The van der Waals surface area contributed by atoms with Crippen LogP contribution in [0, 0.1) is 0 Å². The van der Waals surface area contributed by atoms with Gasteiger partial charge in [-0.05, 0) is 38.5 Å². The van der Waals surface area contributed by atoms with Crippen LogP contribution in [0.5, 0.6) is 0 Å². The summed E-state index contributed by atoms with van der Waals surface area (Å²) in [6, 6.07) is 6.50. The molecule has 0 radical (unpaired) electrons. The van der Waals surface area contributed by atoms with E-state index in [4.69, 9.17) is 14.6 Å². The number of benzene rings is 1. The molecule has 1 atom stereocenters. The maximum Gasteiger partial charge on any atom is 0.410 e. The SMILES string of the molecule is CC(C)(C)OC(=O)N1CCO[C@H](c2ccc(C(=O)O)cc2)C1. The van der Waals surface area contributed by atoms with Gasteiger partial charge in [-0.2, -0.15) is 0 Å². The number of nitrogens with zero attached hydrogens (tertiary/aromatic N) is 1. The lowest BCUT2D eigenvalue weighted by atomic mass is 10.1. The molecular weight excluding hydrogens is 286 g/mol. The normalized spacial score (nSPS) is 18.9. The van der Waals surface area contributed by atoms with Crippen LogP contribution >= 0.6 is 0 Å². The van der Waals surface area contributed by atoms with Crippen molar-refractivity contribution in [1.82, 2.24) is 4.90 Å². The Labute approximate surface area is 129 Å². The van der Waals surface area contributed by atoms with Crippen molar-refractivity contribution in [3.05, 3.63) is 35.4 Å². The average molecular weight is 307 g/mol. The van der Waals surface area contributed by atoms with Crippen molar-refractivity contribution in [1.29, 1.82) is 0 Å². The summed E-state index contributed by atoms with van der Waals surface area (Å²) in [6.07, 6.45) is -0.632. The maximum absolute atomic E-state index is 12.1. The molecule has 1 aromatic rings. The zero-order valence-electron chi connectivity index (χ0n) is 13.0. The quantitative estimate of drug-likeness (QED) is 0.909. The number of amides is 1. The molecule has 0 aromatic heterocycles. The summed E-state index contributed by atoms with van der Waals surface area (Å²) >= 11 is 0. The Morgan fingerprint density at radius 1 is 1.27 bits per heavy atom. The molecule has 0 saturated carbocycles. The molecule has 2 rings (SSSR count). The molecule has 22 heavy (non-hydrogen) atoms. The van der Waals surface area contributed by atoms with Crippen LogP contribution in [0.1, 0.15) is 42.8 Å². The largest absolute Gasteiger partial charge is 0.478 e. The van der Waals surface area contributed by atoms with Crippen LogP contribution in [0.3, 0.4) is 0 Å². The molecule has 1 heterocycles. The lowest BCUT2D eigenvalue weighted by molar-refractivity contribution is -0.0432. The van der Waals surface area contributed by atoms with Gasteiger partial charge < -0.3 is 19.5 Å². The number of hydrogen-bond donors (Lipinski definition) is 1. The molecule has 1 N–H and O–H groups in total. The molecule has 1 aliphatic heterocycles. The molecule has 1 aromatic carbocycles. The van der Waals surface area contributed by atoms with Gasteiger partial charge in [0.15, 0.2) is 0 Å². The first kappa shape index (κ1) is 16.3. The van der Waals surface area contributed by atoms with E-state index in [0.29, 0.717) is 19.7 Å². The summed E-state index contributed by atoms with van der Waals surface area (Å²) in [5, 5.41) is 8.91. The van der Waals surface area contributed by atoms with Crippen LogP contribution < -0.4 is 0 Å². The summed E-state index contributed by atoms with van der Waals surface area (Å²) in [5.74, 6) is -0.966. The molecule has 1 amide bonds. The van der Waals surface area contributed by atoms with Gasteiger partial charge in [0.2, 0.25) is 0 Å². The Morgan fingerprint density at radius 3 is 2.45 bits per heavy atom. The average Bonchev–Trinajstić information content (AvgIpc) is 2.46. The van der Waals surface area contributed by atoms with E-state index in [1.807, 2.05) is 20.8 Å². The molecule has 6 heteroatoms. The van der Waals surface area contributed by atoms with E-state index in [2.05, 4.69) is 0 Å². The molecule has 0 unspecified atom stereocenters. The predicted molar refractivity (Wildman–Crippen MR) is 79.9 cm³/mol. The summed E-state index contributed by atoms with van der Waals surface area (Å²) in [5.41, 5.74) is 0.537. The maximum atomic E-state index is 12.1. The molecule has 0 aliphatic carbocycles. The fourth-order valence-corrected chi connectivity index (χ4v) is 2.18.